The Balaban J connectivity index is 1.44. The fraction of sp³-hybridized carbons (Fsp3) is 0.296. The summed E-state index contributed by atoms with van der Waals surface area (Å²) in [5.41, 5.74) is 2.31. The molecule has 3 aromatic heterocycles. The molecular formula is C27H28FN7O3. The minimum Gasteiger partial charge on any atom is -0.355 e. The van der Waals surface area contributed by atoms with Crippen LogP contribution in [0.25, 0.3) is 22.6 Å². The van der Waals surface area contributed by atoms with Gasteiger partial charge in [0.15, 0.2) is 5.82 Å². The molecule has 10 nitrogen and oxygen atoms in total. The third-order valence-electron chi connectivity index (χ3n) is 6.08. The van der Waals surface area contributed by atoms with Gasteiger partial charge in [-0.2, -0.15) is 0 Å². The van der Waals surface area contributed by atoms with Gasteiger partial charge in [0.1, 0.15) is 5.82 Å². The van der Waals surface area contributed by atoms with Crippen molar-refractivity contribution in [3.8, 4) is 22.6 Å². The molecule has 0 radical (unpaired) electrons. The van der Waals surface area contributed by atoms with Gasteiger partial charge in [-0.15, -0.1) is 0 Å². The summed E-state index contributed by atoms with van der Waals surface area (Å²) in [5, 5.41) is 6.03. The molecule has 0 spiro atoms. The highest BCUT2D eigenvalue weighted by atomic mass is 19.1. The summed E-state index contributed by atoms with van der Waals surface area (Å²) in [5.74, 6) is 0.321. The molecule has 0 bridgehead atoms. The van der Waals surface area contributed by atoms with E-state index in [4.69, 9.17) is 14.5 Å². The van der Waals surface area contributed by atoms with Crippen LogP contribution in [0.15, 0.2) is 61.1 Å². The quantitative estimate of drug-likeness (QED) is 0.314. The number of amides is 1. The van der Waals surface area contributed by atoms with E-state index in [2.05, 4.69) is 30.6 Å². The number of imidazole rings is 1. The lowest BCUT2D eigenvalue weighted by molar-refractivity contribution is -0.231. The van der Waals surface area contributed by atoms with Gasteiger partial charge in [0.25, 0.3) is 0 Å². The molecule has 0 atom stereocenters. The molecule has 1 aromatic carbocycles. The number of aromatic nitrogens is 5. The number of hydrogen-bond acceptors (Lipinski definition) is 8. The summed E-state index contributed by atoms with van der Waals surface area (Å²) in [6.45, 7) is 4.74. The number of carbonyl (C=O) groups excluding carboxylic acids is 1. The van der Waals surface area contributed by atoms with Crippen LogP contribution in [-0.2, 0) is 14.3 Å². The normalized spacial score (nSPS) is 19.2. The van der Waals surface area contributed by atoms with Gasteiger partial charge in [0, 0.05) is 24.5 Å². The van der Waals surface area contributed by atoms with Crippen LogP contribution in [0.5, 0.6) is 0 Å². The third-order valence-corrected chi connectivity index (χ3v) is 6.08. The largest absolute Gasteiger partial charge is 0.355 e. The number of rotatable bonds is 8. The van der Waals surface area contributed by atoms with Gasteiger partial charge >= 0.3 is 0 Å². The molecule has 4 heterocycles. The predicted molar refractivity (Wildman–Crippen MR) is 139 cm³/mol. The average Bonchev–Trinajstić information content (AvgIpc) is 3.39. The fourth-order valence-corrected chi connectivity index (χ4v) is 3.98. The topological polar surface area (TPSA) is 127 Å². The maximum Gasteiger partial charge on any atom is 0.230 e. The predicted octanol–water partition coefficient (Wildman–Crippen LogP) is 4.39. The summed E-state index contributed by atoms with van der Waals surface area (Å²) in [7, 11) is 0. The second-order valence-electron chi connectivity index (χ2n) is 9.26. The highest BCUT2D eigenvalue weighted by Crippen LogP contribution is 2.35. The first-order valence-electron chi connectivity index (χ1n) is 12.3. The zero-order valence-corrected chi connectivity index (χ0v) is 21.1. The van der Waals surface area contributed by atoms with Gasteiger partial charge in [-0.3, -0.25) is 9.78 Å². The summed E-state index contributed by atoms with van der Waals surface area (Å²) in [6.07, 6.45) is 5.01. The Morgan fingerprint density at radius 2 is 1.92 bits per heavy atom. The van der Waals surface area contributed by atoms with Crippen LogP contribution in [0, 0.1) is 11.2 Å². The molecule has 1 fully saturated rings. The lowest BCUT2D eigenvalue weighted by atomic mass is 9.91. The van der Waals surface area contributed by atoms with Crippen molar-refractivity contribution in [3.05, 3.63) is 72.7 Å². The molecule has 0 aliphatic carbocycles. The van der Waals surface area contributed by atoms with Crippen LogP contribution in [0.3, 0.4) is 0 Å². The first kappa shape index (κ1) is 25.4. The Hall–Kier alpha value is -4.22. The number of nitrogens with zero attached hydrogens (tertiary/aromatic N) is 4. The molecular weight excluding hydrogens is 489 g/mol. The number of ether oxygens (including phenoxy) is 2. The summed E-state index contributed by atoms with van der Waals surface area (Å²) in [6, 6.07) is 11.4. The van der Waals surface area contributed by atoms with Gasteiger partial charge in [-0.05, 0) is 55.8 Å². The zero-order valence-electron chi connectivity index (χ0n) is 21.1. The number of halogens is 1. The van der Waals surface area contributed by atoms with E-state index in [1.807, 2.05) is 26.0 Å². The Labute approximate surface area is 219 Å². The second kappa shape index (κ2) is 11.0. The molecule has 5 rings (SSSR count). The molecule has 11 heteroatoms. The first-order chi connectivity index (χ1) is 18.4. The van der Waals surface area contributed by atoms with Crippen molar-refractivity contribution in [2.24, 2.45) is 5.41 Å². The van der Waals surface area contributed by atoms with Crippen molar-refractivity contribution in [2.75, 3.05) is 25.1 Å². The van der Waals surface area contributed by atoms with Gasteiger partial charge in [-0.1, -0.05) is 6.92 Å². The van der Waals surface area contributed by atoms with E-state index in [9.17, 15) is 9.18 Å². The number of anilines is 2. The standard InChI is InChI=1S/C27H28FN7O3/c1-3-11-30-25(36)27(2)15-37-24(38-16-27)23-34-21(17-6-8-18(28)9-7-17)22(35-23)20-10-13-31-26(33-20)32-19-5-4-12-29-14-19/h4-10,12-14,24H,3,11,15-16H2,1-2H3,(H,30,36)(H,34,35)(H,31,32,33). The SMILES string of the molecule is CCCNC(=O)C1(C)COC(c2nc(-c3ccc(F)cc3)c(-c3ccnc(Nc4cccnc4)n3)[nH]2)OC1. The maximum atomic E-state index is 13.7. The molecule has 3 N–H and O–H groups in total. The number of benzene rings is 1. The fourth-order valence-electron chi connectivity index (χ4n) is 3.98. The minimum atomic E-state index is -0.815. The van der Waals surface area contributed by atoms with E-state index in [0.717, 1.165) is 12.1 Å². The van der Waals surface area contributed by atoms with Crippen LogP contribution < -0.4 is 10.6 Å². The molecule has 1 amide bonds. The molecule has 4 aromatic rings. The van der Waals surface area contributed by atoms with Crippen molar-refractivity contribution in [1.29, 1.82) is 0 Å². The van der Waals surface area contributed by atoms with Crippen molar-refractivity contribution in [2.45, 2.75) is 26.6 Å². The Morgan fingerprint density at radius 3 is 2.63 bits per heavy atom. The van der Waals surface area contributed by atoms with E-state index >= 15 is 0 Å². The molecule has 0 saturated carbocycles. The molecule has 1 aliphatic rings. The number of H-pyrrole nitrogens is 1. The Kier molecular flexibility index (Phi) is 7.38. The highest BCUT2D eigenvalue weighted by Gasteiger charge is 2.40. The van der Waals surface area contributed by atoms with Crippen molar-refractivity contribution < 1.29 is 18.7 Å². The Bertz CT molecular complexity index is 1390. The van der Waals surface area contributed by atoms with Crippen LogP contribution in [-0.4, -0.2) is 50.6 Å². The minimum absolute atomic E-state index is 0.112. The smallest absolute Gasteiger partial charge is 0.230 e. The molecule has 1 aliphatic heterocycles. The van der Waals surface area contributed by atoms with Crippen LogP contribution in [0.2, 0.25) is 0 Å². The van der Waals surface area contributed by atoms with Gasteiger partial charge in [0.2, 0.25) is 18.1 Å². The van der Waals surface area contributed by atoms with Gasteiger partial charge in [0.05, 0.1) is 47.6 Å². The first-order valence-corrected chi connectivity index (χ1v) is 12.3. The summed E-state index contributed by atoms with van der Waals surface area (Å²) < 4.78 is 25.6. The lowest BCUT2D eigenvalue weighted by Crippen LogP contribution is -2.48. The summed E-state index contributed by atoms with van der Waals surface area (Å²) in [4.78, 5) is 33.7. The van der Waals surface area contributed by atoms with E-state index in [-0.39, 0.29) is 24.9 Å². The van der Waals surface area contributed by atoms with Crippen molar-refractivity contribution in [1.82, 2.24) is 30.2 Å². The van der Waals surface area contributed by atoms with Crippen molar-refractivity contribution in [3.63, 3.8) is 0 Å². The van der Waals surface area contributed by atoms with Gasteiger partial charge in [-0.25, -0.2) is 19.3 Å². The monoisotopic (exact) mass is 517 g/mol. The second-order valence-corrected chi connectivity index (χ2v) is 9.26. The van der Waals surface area contributed by atoms with E-state index in [1.165, 1.54) is 12.1 Å². The van der Waals surface area contributed by atoms with Crippen LogP contribution in [0.4, 0.5) is 16.0 Å². The molecule has 0 unspecified atom stereocenters. The molecule has 38 heavy (non-hydrogen) atoms. The average molecular weight is 518 g/mol. The molecule has 1 saturated heterocycles. The Morgan fingerprint density at radius 1 is 1.13 bits per heavy atom. The van der Waals surface area contributed by atoms with Gasteiger partial charge < -0.3 is 25.1 Å². The highest BCUT2D eigenvalue weighted by molar-refractivity contribution is 5.82. The molecule has 196 valence electrons. The number of carbonyl (C=O) groups is 1. The lowest BCUT2D eigenvalue weighted by Gasteiger charge is -2.35. The number of aromatic amines is 1. The van der Waals surface area contributed by atoms with E-state index in [0.29, 0.717) is 41.0 Å². The maximum absolute atomic E-state index is 13.7. The number of hydrogen-bond donors (Lipinski definition) is 3. The summed E-state index contributed by atoms with van der Waals surface area (Å²) >= 11 is 0. The van der Waals surface area contributed by atoms with E-state index in [1.54, 1.807) is 36.8 Å². The zero-order chi connectivity index (χ0) is 26.5. The van der Waals surface area contributed by atoms with E-state index < -0.39 is 11.7 Å². The van der Waals surface area contributed by atoms with Crippen molar-refractivity contribution >= 4 is 17.5 Å². The number of nitrogens with one attached hydrogen (secondary N) is 3. The third kappa shape index (κ3) is 5.53. The number of pyridine rings is 1. The van der Waals surface area contributed by atoms with Crippen LogP contribution >= 0.6 is 0 Å². The van der Waals surface area contributed by atoms with Crippen LogP contribution in [0.1, 0.15) is 32.4 Å².